The molecular formula is C26H29NO2. The van der Waals surface area contributed by atoms with E-state index in [1.165, 1.54) is 5.56 Å². The number of Topliss-reactive ketones (excluding diaryl/α,β-unsaturated/α-hetero) is 1. The smallest absolute Gasteiger partial charge is 0.165 e. The van der Waals surface area contributed by atoms with Gasteiger partial charge in [-0.2, -0.15) is 0 Å². The fraction of sp³-hybridized carbons (Fsp3) is 0.269. The number of carbonyl (C=O) groups is 1. The number of rotatable bonds is 7. The van der Waals surface area contributed by atoms with Gasteiger partial charge in [0.15, 0.2) is 5.78 Å². The lowest BCUT2D eigenvalue weighted by Crippen LogP contribution is -2.17. The average molecular weight is 388 g/mol. The lowest BCUT2D eigenvalue weighted by atomic mass is 9.86. The van der Waals surface area contributed by atoms with E-state index < -0.39 is 0 Å². The van der Waals surface area contributed by atoms with Crippen molar-refractivity contribution >= 4 is 11.5 Å². The SMILES string of the molecule is COc1ccc(N[C@@H](CC(=O)c2ccccc2)c2ccc(C(C)(C)C)cc2)cc1. The van der Waals surface area contributed by atoms with E-state index in [0.29, 0.717) is 6.42 Å². The normalized spacial score (nSPS) is 12.3. The third kappa shape index (κ3) is 5.47. The molecule has 0 amide bonds. The molecule has 29 heavy (non-hydrogen) atoms. The summed E-state index contributed by atoms with van der Waals surface area (Å²) in [7, 11) is 1.65. The summed E-state index contributed by atoms with van der Waals surface area (Å²) >= 11 is 0. The first kappa shape index (κ1) is 20.7. The van der Waals surface area contributed by atoms with Gasteiger partial charge in [-0.25, -0.2) is 0 Å². The molecule has 0 fully saturated rings. The molecule has 3 nitrogen and oxygen atoms in total. The monoisotopic (exact) mass is 387 g/mol. The van der Waals surface area contributed by atoms with Gasteiger partial charge in [-0.1, -0.05) is 75.4 Å². The number of nitrogens with one attached hydrogen (secondary N) is 1. The number of hydrogen-bond donors (Lipinski definition) is 1. The number of ketones is 1. The second-order valence-electron chi connectivity index (χ2n) is 8.29. The van der Waals surface area contributed by atoms with Crippen LogP contribution in [0, 0.1) is 0 Å². The minimum Gasteiger partial charge on any atom is -0.497 e. The van der Waals surface area contributed by atoms with Crippen molar-refractivity contribution < 1.29 is 9.53 Å². The van der Waals surface area contributed by atoms with Crippen molar-refractivity contribution in [3.8, 4) is 5.75 Å². The minimum absolute atomic E-state index is 0.0945. The van der Waals surface area contributed by atoms with Crippen LogP contribution in [-0.2, 0) is 5.41 Å². The lowest BCUT2D eigenvalue weighted by molar-refractivity contribution is 0.0976. The van der Waals surface area contributed by atoms with E-state index in [0.717, 1.165) is 22.6 Å². The van der Waals surface area contributed by atoms with E-state index in [9.17, 15) is 4.79 Å². The Morgan fingerprint density at radius 3 is 2.07 bits per heavy atom. The van der Waals surface area contributed by atoms with Crippen LogP contribution >= 0.6 is 0 Å². The van der Waals surface area contributed by atoms with Crippen molar-refractivity contribution in [2.45, 2.75) is 38.6 Å². The number of methoxy groups -OCH3 is 1. The molecule has 0 radical (unpaired) electrons. The second-order valence-corrected chi connectivity index (χ2v) is 8.29. The molecule has 0 aliphatic rings. The topological polar surface area (TPSA) is 38.3 Å². The predicted octanol–water partition coefficient (Wildman–Crippen LogP) is 6.42. The highest BCUT2D eigenvalue weighted by Crippen LogP contribution is 2.28. The largest absolute Gasteiger partial charge is 0.497 e. The van der Waals surface area contributed by atoms with Crippen LogP contribution in [0.15, 0.2) is 78.9 Å². The average Bonchev–Trinajstić information content (AvgIpc) is 2.74. The molecule has 0 unspecified atom stereocenters. The van der Waals surface area contributed by atoms with Gasteiger partial charge in [0.1, 0.15) is 5.75 Å². The fourth-order valence-electron chi connectivity index (χ4n) is 3.28. The molecule has 0 bridgehead atoms. The van der Waals surface area contributed by atoms with E-state index >= 15 is 0 Å². The summed E-state index contributed by atoms with van der Waals surface area (Å²) in [6, 6.07) is 25.7. The predicted molar refractivity (Wildman–Crippen MR) is 120 cm³/mol. The molecule has 3 heteroatoms. The summed E-state index contributed by atoms with van der Waals surface area (Å²) < 4.78 is 5.24. The van der Waals surface area contributed by atoms with E-state index in [4.69, 9.17) is 4.74 Å². The summed E-state index contributed by atoms with van der Waals surface area (Å²) in [5.41, 5.74) is 4.16. The van der Waals surface area contributed by atoms with Crippen molar-refractivity contribution in [2.24, 2.45) is 0 Å². The maximum atomic E-state index is 12.9. The Labute approximate surface area is 173 Å². The highest BCUT2D eigenvalue weighted by atomic mass is 16.5. The van der Waals surface area contributed by atoms with Crippen LogP contribution in [0.25, 0.3) is 0 Å². The second kappa shape index (κ2) is 8.95. The van der Waals surface area contributed by atoms with Crippen LogP contribution in [0.3, 0.4) is 0 Å². The molecule has 0 saturated carbocycles. The van der Waals surface area contributed by atoms with Gasteiger partial charge in [0.2, 0.25) is 0 Å². The van der Waals surface area contributed by atoms with Crippen LogP contribution in [0.5, 0.6) is 5.75 Å². The molecule has 0 spiro atoms. The zero-order chi connectivity index (χ0) is 20.9. The lowest BCUT2D eigenvalue weighted by Gasteiger charge is -2.23. The van der Waals surface area contributed by atoms with Crippen molar-refractivity contribution in [3.63, 3.8) is 0 Å². The zero-order valence-electron chi connectivity index (χ0n) is 17.6. The first-order chi connectivity index (χ1) is 13.9. The van der Waals surface area contributed by atoms with Gasteiger partial charge in [-0.05, 0) is 40.8 Å². The minimum atomic E-state index is -0.120. The molecule has 1 atom stereocenters. The number of anilines is 1. The van der Waals surface area contributed by atoms with Crippen molar-refractivity contribution in [1.82, 2.24) is 0 Å². The van der Waals surface area contributed by atoms with Gasteiger partial charge in [0.05, 0.1) is 13.2 Å². The van der Waals surface area contributed by atoms with Gasteiger partial charge in [-0.3, -0.25) is 4.79 Å². The summed E-state index contributed by atoms with van der Waals surface area (Å²) in [6.07, 6.45) is 0.380. The van der Waals surface area contributed by atoms with Crippen LogP contribution in [0.4, 0.5) is 5.69 Å². The molecule has 0 aliphatic heterocycles. The van der Waals surface area contributed by atoms with Crippen LogP contribution < -0.4 is 10.1 Å². The molecule has 0 aliphatic carbocycles. The number of ether oxygens (including phenoxy) is 1. The molecular weight excluding hydrogens is 358 g/mol. The number of benzene rings is 3. The van der Waals surface area contributed by atoms with Gasteiger partial charge < -0.3 is 10.1 Å². The molecule has 1 N–H and O–H groups in total. The summed E-state index contributed by atoms with van der Waals surface area (Å²) in [5.74, 6) is 0.929. The van der Waals surface area contributed by atoms with E-state index in [2.05, 4.69) is 50.4 Å². The van der Waals surface area contributed by atoms with E-state index in [1.54, 1.807) is 7.11 Å². The first-order valence-electron chi connectivity index (χ1n) is 9.96. The van der Waals surface area contributed by atoms with Crippen LogP contribution in [0.2, 0.25) is 0 Å². The summed E-state index contributed by atoms with van der Waals surface area (Å²) in [4.78, 5) is 12.9. The maximum absolute atomic E-state index is 12.9. The maximum Gasteiger partial charge on any atom is 0.165 e. The Hall–Kier alpha value is -3.07. The molecule has 3 aromatic carbocycles. The van der Waals surface area contributed by atoms with Crippen LogP contribution in [0.1, 0.15) is 54.7 Å². The highest BCUT2D eigenvalue weighted by molar-refractivity contribution is 5.96. The Kier molecular flexibility index (Phi) is 6.38. The Bertz CT molecular complexity index is 923. The molecule has 0 aromatic heterocycles. The number of hydrogen-bond acceptors (Lipinski definition) is 3. The molecule has 0 saturated heterocycles. The Morgan fingerprint density at radius 1 is 0.897 bits per heavy atom. The standard InChI is InChI=1S/C26H29NO2/c1-26(2,3)21-12-10-19(11-13-21)24(18-25(28)20-8-6-5-7-9-20)27-22-14-16-23(29-4)17-15-22/h5-17,24,27H,18H2,1-4H3/t24-/m0/s1. The third-order valence-corrected chi connectivity index (χ3v) is 5.10. The molecule has 0 heterocycles. The quantitative estimate of drug-likeness (QED) is 0.475. The molecule has 3 aromatic rings. The van der Waals surface area contributed by atoms with E-state index in [-0.39, 0.29) is 17.2 Å². The van der Waals surface area contributed by atoms with Crippen molar-refractivity contribution in [3.05, 3.63) is 95.6 Å². The van der Waals surface area contributed by atoms with Gasteiger partial charge in [-0.15, -0.1) is 0 Å². The molecule has 3 rings (SSSR count). The van der Waals surface area contributed by atoms with Crippen molar-refractivity contribution in [2.75, 3.05) is 12.4 Å². The Morgan fingerprint density at radius 2 is 1.52 bits per heavy atom. The van der Waals surface area contributed by atoms with E-state index in [1.807, 2.05) is 54.6 Å². The Balaban J connectivity index is 1.86. The first-order valence-corrected chi connectivity index (χ1v) is 9.96. The molecule has 150 valence electrons. The summed E-state index contributed by atoms with van der Waals surface area (Å²) in [6.45, 7) is 6.61. The van der Waals surface area contributed by atoms with Crippen LogP contribution in [-0.4, -0.2) is 12.9 Å². The zero-order valence-corrected chi connectivity index (χ0v) is 17.6. The van der Waals surface area contributed by atoms with Gasteiger partial charge in [0.25, 0.3) is 0 Å². The fourth-order valence-corrected chi connectivity index (χ4v) is 3.28. The van der Waals surface area contributed by atoms with Gasteiger partial charge >= 0.3 is 0 Å². The highest BCUT2D eigenvalue weighted by Gasteiger charge is 2.19. The summed E-state index contributed by atoms with van der Waals surface area (Å²) in [5, 5.41) is 3.53. The van der Waals surface area contributed by atoms with Crippen molar-refractivity contribution in [1.29, 1.82) is 0 Å². The third-order valence-electron chi connectivity index (χ3n) is 5.10. The number of carbonyl (C=O) groups excluding carboxylic acids is 1. The van der Waals surface area contributed by atoms with Gasteiger partial charge in [0, 0.05) is 17.7 Å².